The predicted molar refractivity (Wildman–Crippen MR) is 76.9 cm³/mol. The molecule has 0 heterocycles. The van der Waals surface area contributed by atoms with Gasteiger partial charge in [-0.3, -0.25) is 4.79 Å². The van der Waals surface area contributed by atoms with Crippen molar-refractivity contribution in [1.82, 2.24) is 5.32 Å². The van der Waals surface area contributed by atoms with Gasteiger partial charge in [0.1, 0.15) is 5.75 Å². The van der Waals surface area contributed by atoms with Crippen molar-refractivity contribution >= 4 is 5.91 Å². The van der Waals surface area contributed by atoms with Crippen LogP contribution in [0.25, 0.3) is 0 Å². The summed E-state index contributed by atoms with van der Waals surface area (Å²) in [5.41, 5.74) is 6.66. The van der Waals surface area contributed by atoms with E-state index >= 15 is 0 Å². The zero-order valence-electron chi connectivity index (χ0n) is 12.2. The zero-order chi connectivity index (χ0) is 14.5. The van der Waals surface area contributed by atoms with Gasteiger partial charge in [0.2, 0.25) is 5.91 Å². The second kappa shape index (κ2) is 6.57. The Morgan fingerprint density at radius 1 is 1.42 bits per heavy atom. The van der Waals surface area contributed by atoms with Crippen LogP contribution in [0.5, 0.6) is 5.75 Å². The Morgan fingerprint density at radius 2 is 2.11 bits per heavy atom. The maximum Gasteiger partial charge on any atom is 0.237 e. The quantitative estimate of drug-likeness (QED) is 0.855. The fourth-order valence-corrected chi connectivity index (χ4v) is 1.60. The fraction of sp³-hybridized carbons (Fsp3) is 0.533. The molecule has 3 N–H and O–H groups in total. The normalized spacial score (nSPS) is 12.9. The van der Waals surface area contributed by atoms with E-state index in [0.29, 0.717) is 13.2 Å². The first-order valence-electron chi connectivity index (χ1n) is 6.59. The Kier molecular flexibility index (Phi) is 5.36. The van der Waals surface area contributed by atoms with E-state index < -0.39 is 6.04 Å². The standard InChI is InChI=1S/C15H24N2O2/c1-5-19-12-8-6-7-11(9-12)10-17-14(18)13(16)15(2,3)4/h6-9,13H,5,10,16H2,1-4H3,(H,17,18). The van der Waals surface area contributed by atoms with Gasteiger partial charge in [-0.15, -0.1) is 0 Å². The minimum atomic E-state index is -0.512. The van der Waals surface area contributed by atoms with Crippen LogP contribution >= 0.6 is 0 Å². The molecule has 1 rings (SSSR count). The highest BCUT2D eigenvalue weighted by atomic mass is 16.5. The lowest BCUT2D eigenvalue weighted by Crippen LogP contribution is -2.48. The monoisotopic (exact) mass is 264 g/mol. The Labute approximate surface area is 115 Å². The van der Waals surface area contributed by atoms with Crippen LogP contribution in [0.15, 0.2) is 24.3 Å². The number of hydrogen-bond donors (Lipinski definition) is 2. The summed E-state index contributed by atoms with van der Waals surface area (Å²) in [4.78, 5) is 11.9. The van der Waals surface area contributed by atoms with Gasteiger partial charge in [-0.25, -0.2) is 0 Å². The number of carbonyl (C=O) groups excluding carboxylic acids is 1. The first-order chi connectivity index (χ1) is 8.84. The molecule has 0 bridgehead atoms. The number of rotatable bonds is 5. The number of ether oxygens (including phenoxy) is 1. The van der Waals surface area contributed by atoms with Crippen molar-refractivity contribution in [1.29, 1.82) is 0 Å². The summed E-state index contributed by atoms with van der Waals surface area (Å²) in [7, 11) is 0. The molecule has 4 heteroatoms. The molecule has 1 amide bonds. The minimum absolute atomic E-state index is 0.130. The third kappa shape index (κ3) is 4.91. The van der Waals surface area contributed by atoms with Crippen LogP contribution in [0.2, 0.25) is 0 Å². The molecule has 0 fully saturated rings. The van der Waals surface area contributed by atoms with Gasteiger partial charge in [0.15, 0.2) is 0 Å². The maximum absolute atomic E-state index is 11.9. The molecule has 1 atom stereocenters. The van der Waals surface area contributed by atoms with Crippen LogP contribution in [0, 0.1) is 5.41 Å². The molecule has 1 unspecified atom stereocenters. The highest BCUT2D eigenvalue weighted by molar-refractivity contribution is 5.82. The Bertz CT molecular complexity index is 424. The molecule has 0 saturated carbocycles. The highest BCUT2D eigenvalue weighted by Gasteiger charge is 2.26. The molecule has 19 heavy (non-hydrogen) atoms. The van der Waals surface area contributed by atoms with E-state index in [1.165, 1.54) is 0 Å². The minimum Gasteiger partial charge on any atom is -0.494 e. The van der Waals surface area contributed by atoms with Crippen LogP contribution in [0.4, 0.5) is 0 Å². The van der Waals surface area contributed by atoms with E-state index in [1.807, 2.05) is 52.0 Å². The van der Waals surface area contributed by atoms with Gasteiger partial charge >= 0.3 is 0 Å². The van der Waals surface area contributed by atoms with E-state index in [9.17, 15) is 4.79 Å². The summed E-state index contributed by atoms with van der Waals surface area (Å²) in [5, 5.41) is 2.86. The van der Waals surface area contributed by atoms with Gasteiger partial charge in [-0.05, 0) is 30.0 Å². The van der Waals surface area contributed by atoms with Crippen LogP contribution < -0.4 is 15.8 Å². The van der Waals surface area contributed by atoms with Gasteiger partial charge in [0.05, 0.1) is 12.6 Å². The average Bonchev–Trinajstić information content (AvgIpc) is 2.35. The second-order valence-electron chi connectivity index (χ2n) is 5.64. The lowest BCUT2D eigenvalue weighted by molar-refractivity contribution is -0.124. The molecule has 0 spiro atoms. The summed E-state index contributed by atoms with van der Waals surface area (Å²) in [5.74, 6) is 0.684. The molecule has 4 nitrogen and oxygen atoms in total. The lowest BCUT2D eigenvalue weighted by Gasteiger charge is -2.25. The number of amides is 1. The van der Waals surface area contributed by atoms with Crippen molar-refractivity contribution in [3.05, 3.63) is 29.8 Å². The van der Waals surface area contributed by atoms with Crippen molar-refractivity contribution in [2.24, 2.45) is 11.1 Å². The number of hydrogen-bond acceptors (Lipinski definition) is 3. The topological polar surface area (TPSA) is 64.3 Å². The molecule has 1 aromatic carbocycles. The van der Waals surface area contributed by atoms with E-state index in [-0.39, 0.29) is 11.3 Å². The lowest BCUT2D eigenvalue weighted by atomic mass is 9.87. The molecule has 0 aliphatic rings. The first-order valence-corrected chi connectivity index (χ1v) is 6.59. The second-order valence-corrected chi connectivity index (χ2v) is 5.64. The molecule has 1 aromatic rings. The third-order valence-corrected chi connectivity index (χ3v) is 2.89. The van der Waals surface area contributed by atoms with Crippen LogP contribution in [-0.2, 0) is 11.3 Å². The van der Waals surface area contributed by atoms with Gasteiger partial charge in [0.25, 0.3) is 0 Å². The van der Waals surface area contributed by atoms with Gasteiger partial charge in [-0.1, -0.05) is 32.9 Å². The fourth-order valence-electron chi connectivity index (χ4n) is 1.60. The molecule has 0 aliphatic heterocycles. The summed E-state index contributed by atoms with van der Waals surface area (Å²) in [6, 6.07) is 7.17. The largest absolute Gasteiger partial charge is 0.494 e. The van der Waals surface area contributed by atoms with Crippen molar-refractivity contribution < 1.29 is 9.53 Å². The van der Waals surface area contributed by atoms with E-state index in [1.54, 1.807) is 0 Å². The molecule has 0 saturated heterocycles. The number of benzene rings is 1. The summed E-state index contributed by atoms with van der Waals surface area (Å²) >= 11 is 0. The Hall–Kier alpha value is -1.55. The SMILES string of the molecule is CCOc1cccc(CNC(=O)C(N)C(C)(C)C)c1. The van der Waals surface area contributed by atoms with E-state index in [0.717, 1.165) is 11.3 Å². The van der Waals surface area contributed by atoms with Gasteiger partial charge in [0, 0.05) is 6.54 Å². The third-order valence-electron chi connectivity index (χ3n) is 2.89. The molecule has 0 aromatic heterocycles. The van der Waals surface area contributed by atoms with Crippen molar-refractivity contribution in [3.8, 4) is 5.75 Å². The Balaban J connectivity index is 2.57. The summed E-state index contributed by atoms with van der Waals surface area (Å²) < 4.78 is 5.42. The number of nitrogens with two attached hydrogens (primary N) is 1. The number of nitrogens with one attached hydrogen (secondary N) is 1. The molecule has 0 radical (unpaired) electrons. The Morgan fingerprint density at radius 3 is 2.68 bits per heavy atom. The molecular weight excluding hydrogens is 240 g/mol. The first kappa shape index (κ1) is 15.5. The molecule has 106 valence electrons. The molecular formula is C15H24N2O2. The smallest absolute Gasteiger partial charge is 0.237 e. The average molecular weight is 264 g/mol. The molecule has 0 aliphatic carbocycles. The van der Waals surface area contributed by atoms with Crippen LogP contribution in [-0.4, -0.2) is 18.6 Å². The van der Waals surface area contributed by atoms with Crippen molar-refractivity contribution in [2.45, 2.75) is 40.3 Å². The van der Waals surface area contributed by atoms with Gasteiger partial charge < -0.3 is 15.8 Å². The van der Waals surface area contributed by atoms with E-state index in [4.69, 9.17) is 10.5 Å². The van der Waals surface area contributed by atoms with Crippen molar-refractivity contribution in [3.63, 3.8) is 0 Å². The van der Waals surface area contributed by atoms with E-state index in [2.05, 4.69) is 5.32 Å². The highest BCUT2D eigenvalue weighted by Crippen LogP contribution is 2.17. The van der Waals surface area contributed by atoms with Crippen LogP contribution in [0.3, 0.4) is 0 Å². The van der Waals surface area contributed by atoms with Gasteiger partial charge in [-0.2, -0.15) is 0 Å². The predicted octanol–water partition coefficient (Wildman–Crippen LogP) is 2.07. The van der Waals surface area contributed by atoms with Crippen LogP contribution in [0.1, 0.15) is 33.3 Å². The summed E-state index contributed by atoms with van der Waals surface area (Å²) in [6.07, 6.45) is 0. The van der Waals surface area contributed by atoms with Crippen molar-refractivity contribution in [2.75, 3.05) is 6.61 Å². The number of carbonyl (C=O) groups is 1. The maximum atomic E-state index is 11.9. The summed E-state index contributed by atoms with van der Waals surface area (Å²) in [6.45, 7) is 8.89. The zero-order valence-corrected chi connectivity index (χ0v) is 12.2.